The summed E-state index contributed by atoms with van der Waals surface area (Å²) < 4.78 is 18.6. The molecule has 2 aromatic heterocycles. The van der Waals surface area contributed by atoms with E-state index < -0.39 is 17.5 Å². The van der Waals surface area contributed by atoms with Crippen LogP contribution in [0.5, 0.6) is 11.5 Å². The van der Waals surface area contributed by atoms with Gasteiger partial charge in [0.05, 0.1) is 31.2 Å². The molecule has 198 valence electrons. The maximum absolute atomic E-state index is 13.3. The summed E-state index contributed by atoms with van der Waals surface area (Å²) in [4.78, 5) is 41.3. The second kappa shape index (κ2) is 11.2. The minimum atomic E-state index is -1.07. The van der Waals surface area contributed by atoms with Gasteiger partial charge in [0.2, 0.25) is 0 Å². The van der Waals surface area contributed by atoms with Gasteiger partial charge in [-0.15, -0.1) is 11.3 Å². The quantitative estimate of drug-likeness (QED) is 0.260. The smallest absolute Gasteiger partial charge is 0.307 e. The van der Waals surface area contributed by atoms with Crippen LogP contribution < -0.4 is 15.0 Å². The van der Waals surface area contributed by atoms with Gasteiger partial charge in [0.1, 0.15) is 23.2 Å². The Labute approximate surface area is 227 Å². The minimum Gasteiger partial charge on any atom is -0.493 e. The molecule has 0 bridgehead atoms. The zero-order chi connectivity index (χ0) is 27.4. The van der Waals surface area contributed by atoms with E-state index in [1.807, 2.05) is 18.2 Å². The number of rotatable bonds is 10. The number of carboxylic acid groups (broad SMARTS) is 1. The first-order valence-electron chi connectivity index (χ1n) is 11.6. The van der Waals surface area contributed by atoms with Crippen molar-refractivity contribution in [3.05, 3.63) is 70.2 Å². The van der Waals surface area contributed by atoms with Gasteiger partial charge in [0.15, 0.2) is 11.5 Å². The van der Waals surface area contributed by atoms with Gasteiger partial charge in [-0.25, -0.2) is 4.98 Å². The van der Waals surface area contributed by atoms with Crippen molar-refractivity contribution in [2.75, 3.05) is 13.7 Å². The lowest BCUT2D eigenvalue weighted by atomic mass is 10.1. The van der Waals surface area contributed by atoms with Crippen LogP contribution in [-0.2, 0) is 14.3 Å². The molecule has 0 saturated carbocycles. The van der Waals surface area contributed by atoms with Crippen LogP contribution in [0.25, 0.3) is 26.3 Å². The minimum absolute atomic E-state index is 0.00233. The second-order valence-corrected chi connectivity index (χ2v) is 10.5. The number of benzene rings is 2. The van der Waals surface area contributed by atoms with E-state index >= 15 is 0 Å². The molecule has 0 atom stereocenters. The monoisotopic (exact) mass is 556 g/mol. The number of ether oxygens (including phenoxy) is 3. The third-order valence-electron chi connectivity index (χ3n) is 5.50. The van der Waals surface area contributed by atoms with Crippen molar-refractivity contribution in [1.82, 2.24) is 9.55 Å². The molecule has 0 amide bonds. The molecular weight excluding hydrogens is 532 g/mol. The van der Waals surface area contributed by atoms with Crippen molar-refractivity contribution in [2.24, 2.45) is 0 Å². The Morgan fingerprint density at radius 2 is 1.82 bits per heavy atom. The summed E-state index contributed by atoms with van der Waals surface area (Å²) >= 11 is 7.35. The molecule has 2 aromatic carbocycles. The summed E-state index contributed by atoms with van der Waals surface area (Å²) in [6.45, 7) is 3.32. The Kier molecular flexibility index (Phi) is 8.03. The molecule has 0 unspecified atom stereocenters. The van der Waals surface area contributed by atoms with Gasteiger partial charge in [-0.2, -0.15) is 0 Å². The summed E-state index contributed by atoms with van der Waals surface area (Å²) in [5.41, 5.74) is 0.863. The van der Waals surface area contributed by atoms with Gasteiger partial charge in [0, 0.05) is 16.0 Å². The molecule has 11 heteroatoms. The number of fused-ring (bicyclic) bond motifs is 1. The van der Waals surface area contributed by atoms with Crippen LogP contribution in [0.4, 0.5) is 0 Å². The fourth-order valence-corrected chi connectivity index (χ4v) is 4.80. The third-order valence-corrected chi connectivity index (χ3v) is 6.91. The number of halogens is 1. The molecule has 9 nitrogen and oxygen atoms in total. The lowest BCUT2D eigenvalue weighted by Crippen LogP contribution is -2.35. The third kappa shape index (κ3) is 6.32. The number of aromatic nitrogens is 2. The zero-order valence-electron chi connectivity index (χ0n) is 20.9. The van der Waals surface area contributed by atoms with Crippen LogP contribution in [0.2, 0.25) is 5.02 Å². The Morgan fingerprint density at radius 1 is 1.08 bits per heavy atom. The number of hydrogen-bond donors (Lipinski definition) is 1. The van der Waals surface area contributed by atoms with Crippen LogP contribution in [-0.4, -0.2) is 45.9 Å². The zero-order valence-corrected chi connectivity index (χ0v) is 22.5. The SMILES string of the molecule is COc1cc(-n2cnc3cc(-c4ccc(Cl)cc4)sc3c2=O)ccc1OCC(C)(C)OC(=O)CCC(=O)O. The topological polar surface area (TPSA) is 117 Å². The molecular formula is C27H25ClN2O7S. The summed E-state index contributed by atoms with van der Waals surface area (Å²) in [6, 6.07) is 14.3. The number of thiophene rings is 1. The molecule has 0 aliphatic carbocycles. The van der Waals surface area contributed by atoms with E-state index in [1.54, 1.807) is 44.2 Å². The first-order chi connectivity index (χ1) is 18.1. The highest BCUT2D eigenvalue weighted by Crippen LogP contribution is 2.33. The van der Waals surface area contributed by atoms with Crippen LogP contribution in [0, 0.1) is 0 Å². The summed E-state index contributed by atoms with van der Waals surface area (Å²) in [6.07, 6.45) is 0.937. The molecule has 1 N–H and O–H groups in total. The normalized spacial score (nSPS) is 11.4. The van der Waals surface area contributed by atoms with Gasteiger partial charge < -0.3 is 19.3 Å². The lowest BCUT2D eigenvalue weighted by Gasteiger charge is -2.25. The van der Waals surface area contributed by atoms with Gasteiger partial charge in [-0.05, 0) is 49.7 Å². The number of hydrogen-bond acceptors (Lipinski definition) is 8. The van der Waals surface area contributed by atoms with Gasteiger partial charge >= 0.3 is 11.9 Å². The van der Waals surface area contributed by atoms with E-state index in [0.717, 1.165) is 10.4 Å². The van der Waals surface area contributed by atoms with Gasteiger partial charge in [-0.1, -0.05) is 23.7 Å². The standard InChI is InChI=1S/C27H25ClN2O7S/c1-27(2,37-24(33)11-10-23(31)32)14-36-20-9-8-18(12-21(20)35-3)30-15-29-19-13-22(38-25(19)26(30)34)16-4-6-17(28)7-5-16/h4-9,12-13,15H,10-11,14H2,1-3H3,(H,31,32). The average molecular weight is 557 g/mol. The van der Waals surface area contributed by atoms with Crippen molar-refractivity contribution in [1.29, 1.82) is 0 Å². The Morgan fingerprint density at radius 3 is 2.50 bits per heavy atom. The summed E-state index contributed by atoms with van der Waals surface area (Å²) in [5.74, 6) is -0.946. The van der Waals surface area contributed by atoms with E-state index in [9.17, 15) is 14.4 Å². The number of methoxy groups -OCH3 is 1. The molecule has 38 heavy (non-hydrogen) atoms. The second-order valence-electron chi connectivity index (χ2n) is 9.00. The highest BCUT2D eigenvalue weighted by atomic mass is 35.5. The number of carbonyl (C=O) groups excluding carboxylic acids is 1. The first-order valence-corrected chi connectivity index (χ1v) is 12.8. The van der Waals surface area contributed by atoms with Crippen molar-refractivity contribution >= 4 is 45.1 Å². The molecule has 2 heterocycles. The average Bonchev–Trinajstić information content (AvgIpc) is 3.32. The fourth-order valence-electron chi connectivity index (χ4n) is 3.63. The molecule has 0 radical (unpaired) electrons. The highest BCUT2D eigenvalue weighted by molar-refractivity contribution is 7.22. The lowest BCUT2D eigenvalue weighted by molar-refractivity contribution is -0.161. The first kappa shape index (κ1) is 27.2. The van der Waals surface area contributed by atoms with Crippen LogP contribution in [0.1, 0.15) is 26.7 Å². The highest BCUT2D eigenvalue weighted by Gasteiger charge is 2.25. The van der Waals surface area contributed by atoms with Crippen molar-refractivity contribution < 1.29 is 28.9 Å². The van der Waals surface area contributed by atoms with Gasteiger partial charge in [-0.3, -0.25) is 19.0 Å². The number of esters is 1. The predicted molar refractivity (Wildman–Crippen MR) is 145 cm³/mol. The van der Waals surface area contributed by atoms with E-state index in [0.29, 0.717) is 32.4 Å². The van der Waals surface area contributed by atoms with Crippen LogP contribution in [0.15, 0.2) is 59.7 Å². The number of nitrogens with zero attached hydrogens (tertiary/aromatic N) is 2. The number of carbonyl (C=O) groups is 2. The Balaban J connectivity index is 1.54. The van der Waals surface area contributed by atoms with Crippen LogP contribution in [0.3, 0.4) is 0 Å². The maximum atomic E-state index is 13.3. The molecule has 0 aliphatic rings. The Hall–Kier alpha value is -3.89. The molecule has 0 fully saturated rings. The van der Waals surface area contributed by atoms with E-state index in [1.165, 1.54) is 29.3 Å². The maximum Gasteiger partial charge on any atom is 0.307 e. The molecule has 0 aliphatic heterocycles. The molecule has 0 spiro atoms. The number of carboxylic acids is 1. The molecule has 4 aromatic rings. The fraction of sp³-hybridized carbons (Fsp3) is 0.259. The molecule has 0 saturated heterocycles. The van der Waals surface area contributed by atoms with Crippen molar-refractivity contribution in [2.45, 2.75) is 32.3 Å². The van der Waals surface area contributed by atoms with E-state index in [-0.39, 0.29) is 25.0 Å². The van der Waals surface area contributed by atoms with E-state index in [4.69, 9.17) is 30.9 Å². The summed E-state index contributed by atoms with van der Waals surface area (Å²) in [5, 5.41) is 9.36. The number of aliphatic carboxylic acids is 1. The summed E-state index contributed by atoms with van der Waals surface area (Å²) in [7, 11) is 1.48. The van der Waals surface area contributed by atoms with Crippen molar-refractivity contribution in [3.63, 3.8) is 0 Å². The largest absolute Gasteiger partial charge is 0.493 e. The van der Waals surface area contributed by atoms with Crippen molar-refractivity contribution in [3.8, 4) is 27.6 Å². The molecule has 4 rings (SSSR count). The predicted octanol–water partition coefficient (Wildman–Crippen LogP) is 5.34. The Bertz CT molecular complexity index is 1540. The van der Waals surface area contributed by atoms with E-state index in [2.05, 4.69) is 4.98 Å². The van der Waals surface area contributed by atoms with Crippen LogP contribution >= 0.6 is 22.9 Å². The van der Waals surface area contributed by atoms with Gasteiger partial charge in [0.25, 0.3) is 5.56 Å².